The monoisotopic (exact) mass is 246 g/mol. The number of hydrogen-bond donors (Lipinski definition) is 6. The van der Waals surface area contributed by atoms with Gasteiger partial charge in [0.2, 0.25) is 0 Å². The molecule has 2 rings (SSSR count). The Kier molecular flexibility index (Phi) is 3.17. The number of rotatable bonds is 2. The first-order chi connectivity index (χ1) is 8.00. The van der Waals surface area contributed by atoms with Crippen molar-refractivity contribution in [2.75, 3.05) is 6.61 Å². The van der Waals surface area contributed by atoms with Gasteiger partial charge in [-0.1, -0.05) is 0 Å². The molecule has 1 aromatic heterocycles. The molecule has 1 aromatic rings. The molecule has 0 saturated carbocycles. The first kappa shape index (κ1) is 12.4. The van der Waals surface area contributed by atoms with Gasteiger partial charge in [-0.3, -0.25) is 0 Å². The summed E-state index contributed by atoms with van der Waals surface area (Å²) >= 11 is 0. The van der Waals surface area contributed by atoms with Crippen LogP contribution >= 0.6 is 0 Å². The van der Waals surface area contributed by atoms with Gasteiger partial charge in [0.25, 0.3) is 5.79 Å². The first-order valence-electron chi connectivity index (χ1n) is 5.05. The van der Waals surface area contributed by atoms with Gasteiger partial charge < -0.3 is 35.3 Å². The van der Waals surface area contributed by atoms with Crippen LogP contribution in [0.3, 0.4) is 0 Å². The summed E-state index contributed by atoms with van der Waals surface area (Å²) in [7, 11) is 0. The first-order valence-corrected chi connectivity index (χ1v) is 5.05. The number of nitrogens with one attached hydrogen (secondary N) is 1. The van der Waals surface area contributed by atoms with Crippen molar-refractivity contribution in [1.29, 1.82) is 0 Å². The lowest BCUT2D eigenvalue weighted by molar-refractivity contribution is -0.360. The van der Waals surface area contributed by atoms with Gasteiger partial charge in [-0.15, -0.1) is 0 Å². The summed E-state index contributed by atoms with van der Waals surface area (Å²) in [6.07, 6.45) is -3.43. The Bertz CT molecular complexity index is 370. The molecule has 8 nitrogen and oxygen atoms in total. The fourth-order valence-corrected chi connectivity index (χ4v) is 1.81. The summed E-state index contributed by atoms with van der Waals surface area (Å²) in [5.41, 5.74) is 0. The van der Waals surface area contributed by atoms with Gasteiger partial charge in [-0.05, 0) is 0 Å². The van der Waals surface area contributed by atoms with Crippen molar-refractivity contribution in [3.63, 3.8) is 0 Å². The molecule has 2 heterocycles. The molecule has 1 aliphatic rings. The average Bonchev–Trinajstić information content (AvgIpc) is 2.85. The lowest BCUT2D eigenvalue weighted by Crippen LogP contribution is -2.63. The minimum Gasteiger partial charge on any atom is -0.394 e. The van der Waals surface area contributed by atoms with Gasteiger partial charge in [-0.25, -0.2) is 4.98 Å². The average molecular weight is 246 g/mol. The van der Waals surface area contributed by atoms with E-state index in [4.69, 9.17) is 9.84 Å². The number of hydrogen-bond acceptors (Lipinski definition) is 7. The second-order valence-electron chi connectivity index (χ2n) is 3.90. The van der Waals surface area contributed by atoms with Crippen LogP contribution in [0.5, 0.6) is 0 Å². The number of aliphatic hydroxyl groups excluding tert-OH is 4. The number of aromatic amines is 1. The minimum atomic E-state index is -2.30. The van der Waals surface area contributed by atoms with E-state index in [0.717, 1.165) is 0 Å². The molecule has 0 bridgehead atoms. The molecule has 17 heavy (non-hydrogen) atoms. The Morgan fingerprint density at radius 1 is 1.35 bits per heavy atom. The molecule has 1 aliphatic heterocycles. The fraction of sp³-hybridized carbons (Fsp3) is 0.667. The molecule has 0 spiro atoms. The summed E-state index contributed by atoms with van der Waals surface area (Å²) in [4.78, 5) is 6.26. The molecule has 0 aromatic carbocycles. The zero-order chi connectivity index (χ0) is 12.6. The minimum absolute atomic E-state index is 0.116. The standard InChI is InChI=1S/C9H14N2O6/c12-3-4-5(13)6(14)7(15)9(16,17-4)8-10-1-2-11-8/h1-2,4-7,12-16H,3H2,(H,10,11)/t4-,5-,6+,7-,9-/m1/s1. The van der Waals surface area contributed by atoms with Gasteiger partial charge in [0.15, 0.2) is 5.82 Å². The van der Waals surface area contributed by atoms with Gasteiger partial charge >= 0.3 is 0 Å². The maximum Gasteiger partial charge on any atom is 0.255 e. The number of nitrogens with zero attached hydrogens (tertiary/aromatic N) is 1. The van der Waals surface area contributed by atoms with Crippen LogP contribution in [0.15, 0.2) is 12.4 Å². The summed E-state index contributed by atoms with van der Waals surface area (Å²) in [5.74, 6) is -2.41. The van der Waals surface area contributed by atoms with E-state index in [2.05, 4.69) is 9.97 Å². The highest BCUT2D eigenvalue weighted by molar-refractivity contribution is 5.07. The second kappa shape index (κ2) is 4.33. The topological polar surface area (TPSA) is 139 Å². The molecule has 8 heteroatoms. The Hall–Kier alpha value is -1.03. The highest BCUT2D eigenvalue weighted by Gasteiger charge is 2.55. The fourth-order valence-electron chi connectivity index (χ4n) is 1.81. The van der Waals surface area contributed by atoms with Crippen LogP contribution in [0.1, 0.15) is 5.82 Å². The number of imidazole rings is 1. The van der Waals surface area contributed by atoms with Gasteiger partial charge in [0.05, 0.1) is 6.61 Å². The maximum absolute atomic E-state index is 10.1. The second-order valence-corrected chi connectivity index (χ2v) is 3.90. The van der Waals surface area contributed by atoms with Crippen molar-refractivity contribution in [3.05, 3.63) is 18.2 Å². The molecule has 96 valence electrons. The van der Waals surface area contributed by atoms with E-state index in [0.29, 0.717) is 0 Å². The highest BCUT2D eigenvalue weighted by atomic mass is 16.7. The van der Waals surface area contributed by atoms with E-state index in [1.54, 1.807) is 0 Å². The maximum atomic E-state index is 10.1. The van der Waals surface area contributed by atoms with Crippen molar-refractivity contribution in [1.82, 2.24) is 9.97 Å². The van der Waals surface area contributed by atoms with Gasteiger partial charge in [0.1, 0.15) is 24.4 Å². The van der Waals surface area contributed by atoms with Crippen LogP contribution in [-0.4, -0.2) is 66.5 Å². The molecule has 1 fully saturated rings. The van der Waals surface area contributed by atoms with Gasteiger partial charge in [0, 0.05) is 12.4 Å². The highest BCUT2D eigenvalue weighted by Crippen LogP contribution is 2.34. The number of aromatic nitrogens is 2. The third kappa shape index (κ3) is 1.84. The zero-order valence-electron chi connectivity index (χ0n) is 8.76. The van der Waals surface area contributed by atoms with Crippen molar-refractivity contribution in [2.45, 2.75) is 30.2 Å². The molecule has 1 saturated heterocycles. The number of aliphatic hydroxyl groups is 5. The van der Waals surface area contributed by atoms with Crippen LogP contribution in [0.4, 0.5) is 0 Å². The smallest absolute Gasteiger partial charge is 0.255 e. The van der Waals surface area contributed by atoms with Crippen molar-refractivity contribution in [2.24, 2.45) is 0 Å². The van der Waals surface area contributed by atoms with E-state index < -0.39 is 36.8 Å². The largest absolute Gasteiger partial charge is 0.394 e. The van der Waals surface area contributed by atoms with Crippen molar-refractivity contribution >= 4 is 0 Å². The third-order valence-electron chi connectivity index (χ3n) is 2.80. The number of ether oxygens (including phenoxy) is 1. The Morgan fingerprint density at radius 3 is 2.59 bits per heavy atom. The lowest BCUT2D eigenvalue weighted by Gasteiger charge is -2.44. The molecule has 0 amide bonds. The molecule has 5 atom stereocenters. The molecule has 6 N–H and O–H groups in total. The van der Waals surface area contributed by atoms with E-state index in [1.807, 2.05) is 0 Å². The molecule has 0 radical (unpaired) electrons. The van der Waals surface area contributed by atoms with Crippen LogP contribution in [0.25, 0.3) is 0 Å². The van der Waals surface area contributed by atoms with Crippen LogP contribution < -0.4 is 0 Å². The predicted molar refractivity (Wildman–Crippen MR) is 52.5 cm³/mol. The number of H-pyrrole nitrogens is 1. The van der Waals surface area contributed by atoms with Crippen molar-refractivity contribution < 1.29 is 30.3 Å². The van der Waals surface area contributed by atoms with Crippen LogP contribution in [0, 0.1) is 0 Å². The summed E-state index contributed by atoms with van der Waals surface area (Å²) in [5, 5.41) is 47.9. The quantitative estimate of drug-likeness (QED) is 0.327. The SMILES string of the molecule is OC[C@H]1O[C@@](O)(c2ncc[nH]2)[C@H](O)[C@@H](O)[C@@H]1O. The van der Waals surface area contributed by atoms with Crippen molar-refractivity contribution in [3.8, 4) is 0 Å². The summed E-state index contributed by atoms with van der Waals surface area (Å²) in [6, 6.07) is 0. The Morgan fingerprint density at radius 2 is 2.06 bits per heavy atom. The van der Waals surface area contributed by atoms with Gasteiger partial charge in [-0.2, -0.15) is 0 Å². The summed E-state index contributed by atoms with van der Waals surface area (Å²) < 4.78 is 5.01. The van der Waals surface area contributed by atoms with E-state index in [1.165, 1.54) is 12.4 Å². The van der Waals surface area contributed by atoms with E-state index >= 15 is 0 Å². The normalized spacial score (nSPS) is 42.6. The Labute approximate surface area is 96.1 Å². The molecular formula is C9H14N2O6. The predicted octanol–water partition coefficient (Wildman–Crippen LogP) is -2.97. The summed E-state index contributed by atoms with van der Waals surface area (Å²) in [6.45, 7) is -0.617. The van der Waals surface area contributed by atoms with E-state index in [-0.39, 0.29) is 5.82 Å². The lowest BCUT2D eigenvalue weighted by atomic mass is 9.92. The third-order valence-corrected chi connectivity index (χ3v) is 2.80. The zero-order valence-corrected chi connectivity index (χ0v) is 8.76. The molecule has 0 aliphatic carbocycles. The Balaban J connectivity index is 2.34. The van der Waals surface area contributed by atoms with Crippen LogP contribution in [0.2, 0.25) is 0 Å². The van der Waals surface area contributed by atoms with Crippen LogP contribution in [-0.2, 0) is 10.5 Å². The van der Waals surface area contributed by atoms with E-state index in [9.17, 15) is 20.4 Å². The molecular weight excluding hydrogens is 232 g/mol. The molecule has 0 unspecified atom stereocenters.